The number of aryl methyl sites for hydroxylation is 1. The Bertz CT molecular complexity index is 558. The van der Waals surface area contributed by atoms with Crippen LogP contribution in [0.2, 0.25) is 5.02 Å². The molecule has 102 valence electrons. The molecule has 1 fully saturated rings. The van der Waals surface area contributed by atoms with E-state index in [1.165, 1.54) is 43.4 Å². The summed E-state index contributed by atoms with van der Waals surface area (Å²) in [5, 5.41) is 18.4. The number of anilines is 1. The van der Waals surface area contributed by atoms with Crippen LogP contribution in [0.3, 0.4) is 0 Å². The molecule has 0 amide bonds. The first-order valence-electron chi connectivity index (χ1n) is 6.52. The third-order valence-electron chi connectivity index (χ3n) is 3.34. The molecule has 0 radical (unpaired) electrons. The molecule has 19 heavy (non-hydrogen) atoms. The van der Waals surface area contributed by atoms with Crippen molar-refractivity contribution in [1.29, 1.82) is 0 Å². The molecule has 5 nitrogen and oxygen atoms in total. The molecule has 0 aliphatic heterocycles. The summed E-state index contributed by atoms with van der Waals surface area (Å²) in [5.74, 6) is 0. The first-order chi connectivity index (χ1) is 9.22. The first-order valence-corrected chi connectivity index (χ1v) is 7.71. The van der Waals surface area contributed by atoms with Crippen molar-refractivity contribution in [3.63, 3.8) is 0 Å². The zero-order chi connectivity index (χ0) is 13.2. The third kappa shape index (κ3) is 2.90. The lowest BCUT2D eigenvalue weighted by molar-refractivity contribution is 0.462. The molecule has 1 aliphatic carbocycles. The van der Waals surface area contributed by atoms with E-state index in [0.717, 1.165) is 10.1 Å². The number of aromatic nitrogens is 4. The van der Waals surface area contributed by atoms with Crippen LogP contribution >= 0.6 is 22.9 Å². The molecule has 1 aliphatic rings. The van der Waals surface area contributed by atoms with Crippen molar-refractivity contribution in [3.05, 3.63) is 11.2 Å². The summed E-state index contributed by atoms with van der Waals surface area (Å²) in [7, 11) is 1.84. The van der Waals surface area contributed by atoms with Gasteiger partial charge in [0.2, 0.25) is 5.13 Å². The minimum atomic E-state index is 0.536. The van der Waals surface area contributed by atoms with Crippen molar-refractivity contribution in [2.45, 2.75) is 38.1 Å². The van der Waals surface area contributed by atoms with Crippen LogP contribution in [0.15, 0.2) is 6.20 Å². The van der Waals surface area contributed by atoms with Crippen molar-refractivity contribution in [2.75, 3.05) is 5.32 Å². The summed E-state index contributed by atoms with van der Waals surface area (Å²) >= 11 is 7.63. The molecule has 0 atom stereocenters. The van der Waals surface area contributed by atoms with Gasteiger partial charge >= 0.3 is 0 Å². The van der Waals surface area contributed by atoms with Crippen molar-refractivity contribution < 1.29 is 0 Å². The lowest BCUT2D eigenvalue weighted by Crippen LogP contribution is -2.21. The highest BCUT2D eigenvalue weighted by atomic mass is 35.5. The molecule has 1 N–H and O–H groups in total. The molecule has 2 aromatic rings. The molecule has 0 unspecified atom stereocenters. The number of halogens is 1. The van der Waals surface area contributed by atoms with Gasteiger partial charge in [0.15, 0.2) is 5.01 Å². The van der Waals surface area contributed by atoms with Gasteiger partial charge in [0, 0.05) is 19.3 Å². The normalized spacial score (nSPS) is 16.7. The van der Waals surface area contributed by atoms with Gasteiger partial charge in [-0.1, -0.05) is 42.2 Å². The second kappa shape index (κ2) is 5.46. The molecule has 2 heterocycles. The van der Waals surface area contributed by atoms with Gasteiger partial charge in [0.1, 0.15) is 5.69 Å². The Balaban J connectivity index is 1.74. The maximum Gasteiger partial charge on any atom is 0.206 e. The van der Waals surface area contributed by atoms with E-state index in [-0.39, 0.29) is 0 Å². The molecular formula is C12H16ClN5S. The minimum absolute atomic E-state index is 0.536. The quantitative estimate of drug-likeness (QED) is 0.944. The standard InChI is InChI=1S/C12H16ClN5S/c1-18-7-9(13)10(17-18)11-15-16-12(19-11)14-8-5-3-2-4-6-8/h7-8H,2-6H2,1H3,(H,14,16). The molecule has 0 bridgehead atoms. The molecular weight excluding hydrogens is 282 g/mol. The average Bonchev–Trinajstić information content (AvgIpc) is 2.97. The summed E-state index contributed by atoms with van der Waals surface area (Å²) in [6.07, 6.45) is 8.17. The van der Waals surface area contributed by atoms with Crippen LogP contribution in [0, 0.1) is 0 Å². The van der Waals surface area contributed by atoms with E-state index >= 15 is 0 Å². The Morgan fingerprint density at radius 2 is 2.11 bits per heavy atom. The molecule has 2 aromatic heterocycles. The second-order valence-corrected chi connectivity index (χ2v) is 6.28. The Labute approximate surface area is 121 Å². The van der Waals surface area contributed by atoms with Gasteiger partial charge in [-0.3, -0.25) is 4.68 Å². The number of nitrogens with one attached hydrogen (secondary N) is 1. The molecule has 3 rings (SSSR count). The highest BCUT2D eigenvalue weighted by Gasteiger charge is 2.17. The van der Waals surface area contributed by atoms with Crippen LogP contribution < -0.4 is 5.32 Å². The van der Waals surface area contributed by atoms with Gasteiger partial charge in [0.25, 0.3) is 0 Å². The fourth-order valence-corrected chi connectivity index (χ4v) is 3.55. The van der Waals surface area contributed by atoms with Crippen LogP contribution in [-0.2, 0) is 7.05 Å². The maximum absolute atomic E-state index is 6.12. The Morgan fingerprint density at radius 1 is 1.32 bits per heavy atom. The highest BCUT2D eigenvalue weighted by molar-refractivity contribution is 7.18. The van der Waals surface area contributed by atoms with Crippen LogP contribution in [0.25, 0.3) is 10.7 Å². The van der Waals surface area contributed by atoms with Gasteiger partial charge in [0.05, 0.1) is 5.02 Å². The van der Waals surface area contributed by atoms with Crippen molar-refractivity contribution in [1.82, 2.24) is 20.0 Å². The Hall–Kier alpha value is -1.14. The van der Waals surface area contributed by atoms with Gasteiger partial charge in [-0.15, -0.1) is 10.2 Å². The molecule has 0 aromatic carbocycles. The lowest BCUT2D eigenvalue weighted by atomic mass is 9.96. The topological polar surface area (TPSA) is 55.6 Å². The molecule has 7 heteroatoms. The monoisotopic (exact) mass is 297 g/mol. The highest BCUT2D eigenvalue weighted by Crippen LogP contribution is 2.31. The largest absolute Gasteiger partial charge is 0.357 e. The first kappa shape index (κ1) is 12.9. The maximum atomic E-state index is 6.12. The lowest BCUT2D eigenvalue weighted by Gasteiger charge is -2.21. The fourth-order valence-electron chi connectivity index (χ4n) is 2.40. The molecule has 1 saturated carbocycles. The second-order valence-electron chi connectivity index (χ2n) is 4.89. The van der Waals surface area contributed by atoms with Crippen LogP contribution in [0.1, 0.15) is 32.1 Å². The van der Waals surface area contributed by atoms with Crippen LogP contribution in [0.4, 0.5) is 5.13 Å². The van der Waals surface area contributed by atoms with Crippen molar-refractivity contribution in [2.24, 2.45) is 7.05 Å². The van der Waals surface area contributed by atoms with Crippen LogP contribution in [-0.4, -0.2) is 26.0 Å². The summed E-state index contributed by atoms with van der Waals surface area (Å²) in [4.78, 5) is 0. The van der Waals surface area contributed by atoms with E-state index in [1.807, 2.05) is 7.05 Å². The number of hydrogen-bond acceptors (Lipinski definition) is 5. The predicted octanol–water partition coefficient (Wildman–Crippen LogP) is 3.34. The zero-order valence-electron chi connectivity index (χ0n) is 10.8. The Morgan fingerprint density at radius 3 is 2.79 bits per heavy atom. The zero-order valence-corrected chi connectivity index (χ0v) is 12.3. The van der Waals surface area contributed by atoms with E-state index in [2.05, 4.69) is 20.6 Å². The average molecular weight is 298 g/mol. The van der Waals surface area contributed by atoms with Gasteiger partial charge < -0.3 is 5.32 Å². The molecule has 0 saturated heterocycles. The Kier molecular flexibility index (Phi) is 3.70. The van der Waals surface area contributed by atoms with E-state index in [0.29, 0.717) is 16.8 Å². The van der Waals surface area contributed by atoms with E-state index in [4.69, 9.17) is 11.6 Å². The van der Waals surface area contributed by atoms with Gasteiger partial charge in [-0.25, -0.2) is 0 Å². The summed E-state index contributed by atoms with van der Waals surface area (Å²) in [6.45, 7) is 0. The van der Waals surface area contributed by atoms with E-state index < -0.39 is 0 Å². The van der Waals surface area contributed by atoms with Crippen molar-refractivity contribution in [3.8, 4) is 10.7 Å². The molecule has 0 spiro atoms. The van der Waals surface area contributed by atoms with E-state index in [9.17, 15) is 0 Å². The predicted molar refractivity (Wildman–Crippen MR) is 77.6 cm³/mol. The van der Waals surface area contributed by atoms with Crippen LogP contribution in [0.5, 0.6) is 0 Å². The SMILES string of the molecule is Cn1cc(Cl)c(-c2nnc(NC3CCCCC3)s2)n1. The summed E-state index contributed by atoms with van der Waals surface area (Å²) in [5.41, 5.74) is 0.707. The summed E-state index contributed by atoms with van der Waals surface area (Å²) in [6, 6.07) is 0.536. The minimum Gasteiger partial charge on any atom is -0.357 e. The van der Waals surface area contributed by atoms with Gasteiger partial charge in [-0.2, -0.15) is 5.10 Å². The number of nitrogens with zero attached hydrogens (tertiary/aromatic N) is 4. The number of rotatable bonds is 3. The smallest absolute Gasteiger partial charge is 0.206 e. The van der Waals surface area contributed by atoms with Gasteiger partial charge in [-0.05, 0) is 12.8 Å². The fraction of sp³-hybridized carbons (Fsp3) is 0.583. The van der Waals surface area contributed by atoms with Crippen molar-refractivity contribution >= 4 is 28.1 Å². The van der Waals surface area contributed by atoms with E-state index in [1.54, 1.807) is 10.9 Å². The third-order valence-corrected chi connectivity index (χ3v) is 4.48. The number of hydrogen-bond donors (Lipinski definition) is 1. The summed E-state index contributed by atoms with van der Waals surface area (Å²) < 4.78 is 1.69.